The van der Waals surface area contributed by atoms with E-state index in [4.69, 9.17) is 21.4 Å². The summed E-state index contributed by atoms with van der Waals surface area (Å²) in [6.45, 7) is 0. The number of carboxylic acid groups (broad SMARTS) is 1. The number of hydrogen-bond donors (Lipinski definition) is 1. The Balaban J connectivity index is 1.88. The fourth-order valence-corrected chi connectivity index (χ4v) is 2.80. The first-order chi connectivity index (χ1) is 10.1. The minimum absolute atomic E-state index is 0.0923. The number of carbonyl (C=O) groups is 1. The summed E-state index contributed by atoms with van der Waals surface area (Å²) in [6, 6.07) is 11.3. The van der Waals surface area contributed by atoms with Crippen LogP contribution in [0.25, 0.3) is 0 Å². The summed E-state index contributed by atoms with van der Waals surface area (Å²) >= 11 is 5.82. The maximum absolute atomic E-state index is 11.1. The van der Waals surface area contributed by atoms with Gasteiger partial charge in [0, 0.05) is 6.07 Å². The van der Waals surface area contributed by atoms with Crippen molar-refractivity contribution in [2.75, 3.05) is 0 Å². The van der Waals surface area contributed by atoms with Crippen molar-refractivity contribution in [3.8, 4) is 5.88 Å². The van der Waals surface area contributed by atoms with E-state index in [0.717, 1.165) is 24.8 Å². The SMILES string of the molecule is O=C(O)c1nc(OC2CCCc3ccccc32)ccc1Cl. The second-order valence-electron chi connectivity index (χ2n) is 4.98. The molecule has 0 amide bonds. The van der Waals surface area contributed by atoms with Crippen molar-refractivity contribution in [3.63, 3.8) is 0 Å². The molecule has 1 unspecified atom stereocenters. The molecule has 0 bridgehead atoms. The van der Waals surface area contributed by atoms with E-state index in [-0.39, 0.29) is 16.8 Å². The van der Waals surface area contributed by atoms with Crippen LogP contribution in [0.3, 0.4) is 0 Å². The number of ether oxygens (including phenoxy) is 1. The first-order valence-electron chi connectivity index (χ1n) is 6.79. The van der Waals surface area contributed by atoms with Crippen molar-refractivity contribution < 1.29 is 14.6 Å². The highest BCUT2D eigenvalue weighted by Crippen LogP contribution is 2.33. The van der Waals surface area contributed by atoms with Crippen LogP contribution >= 0.6 is 11.6 Å². The molecule has 3 rings (SSSR count). The highest BCUT2D eigenvalue weighted by atomic mass is 35.5. The summed E-state index contributed by atoms with van der Waals surface area (Å²) in [4.78, 5) is 15.0. The quantitative estimate of drug-likeness (QED) is 0.934. The number of rotatable bonds is 3. The summed E-state index contributed by atoms with van der Waals surface area (Å²) in [5, 5.41) is 9.16. The number of aromatic carboxylic acids is 1. The number of benzene rings is 1. The first kappa shape index (κ1) is 13.9. The average molecular weight is 304 g/mol. The van der Waals surface area contributed by atoms with Crippen molar-refractivity contribution in [3.05, 3.63) is 58.2 Å². The predicted molar refractivity (Wildman–Crippen MR) is 79.0 cm³/mol. The lowest BCUT2D eigenvalue weighted by atomic mass is 9.89. The molecule has 0 spiro atoms. The highest BCUT2D eigenvalue weighted by molar-refractivity contribution is 6.33. The molecule has 5 heteroatoms. The second-order valence-corrected chi connectivity index (χ2v) is 5.39. The lowest BCUT2D eigenvalue weighted by Gasteiger charge is -2.25. The largest absolute Gasteiger partial charge is 0.476 e. The van der Waals surface area contributed by atoms with Gasteiger partial charge >= 0.3 is 5.97 Å². The summed E-state index contributed by atoms with van der Waals surface area (Å²) in [5.74, 6) is -0.868. The lowest BCUT2D eigenvalue weighted by Crippen LogP contribution is -2.16. The number of fused-ring (bicyclic) bond motifs is 1. The van der Waals surface area contributed by atoms with Crippen molar-refractivity contribution in [2.24, 2.45) is 0 Å². The Morgan fingerprint density at radius 1 is 1.29 bits per heavy atom. The monoisotopic (exact) mass is 303 g/mol. The summed E-state index contributed by atoms with van der Waals surface area (Å²) in [7, 11) is 0. The van der Waals surface area contributed by atoms with Crippen LogP contribution in [-0.2, 0) is 6.42 Å². The van der Waals surface area contributed by atoms with E-state index in [1.54, 1.807) is 6.07 Å². The minimum Gasteiger partial charge on any atom is -0.476 e. The van der Waals surface area contributed by atoms with E-state index in [1.165, 1.54) is 11.6 Å². The van der Waals surface area contributed by atoms with Crippen LogP contribution < -0.4 is 4.74 Å². The highest BCUT2D eigenvalue weighted by Gasteiger charge is 2.22. The Labute approximate surface area is 127 Å². The van der Waals surface area contributed by atoms with Crippen molar-refractivity contribution in [1.29, 1.82) is 0 Å². The van der Waals surface area contributed by atoms with Crippen molar-refractivity contribution in [2.45, 2.75) is 25.4 Å². The van der Waals surface area contributed by atoms with Crippen LogP contribution in [0.15, 0.2) is 36.4 Å². The molecule has 1 atom stereocenters. The van der Waals surface area contributed by atoms with Gasteiger partial charge in [-0.2, -0.15) is 0 Å². The van der Waals surface area contributed by atoms with Gasteiger partial charge in [-0.1, -0.05) is 35.9 Å². The van der Waals surface area contributed by atoms with Crippen molar-refractivity contribution in [1.82, 2.24) is 4.98 Å². The minimum atomic E-state index is -1.16. The zero-order chi connectivity index (χ0) is 14.8. The van der Waals surface area contributed by atoms with Crippen LogP contribution in [0, 0.1) is 0 Å². The molecular formula is C16H14ClNO3. The van der Waals surface area contributed by atoms with Crippen molar-refractivity contribution >= 4 is 17.6 Å². The maximum Gasteiger partial charge on any atom is 0.356 e. The molecule has 1 N–H and O–H groups in total. The number of aryl methyl sites for hydroxylation is 1. The molecule has 2 aromatic rings. The third-order valence-electron chi connectivity index (χ3n) is 3.60. The third kappa shape index (κ3) is 2.85. The molecule has 0 saturated carbocycles. The lowest BCUT2D eigenvalue weighted by molar-refractivity contribution is 0.0688. The van der Waals surface area contributed by atoms with Crippen LogP contribution in [0.5, 0.6) is 5.88 Å². The van der Waals surface area contributed by atoms with Gasteiger partial charge in [-0.25, -0.2) is 9.78 Å². The molecule has 4 nitrogen and oxygen atoms in total. The standard InChI is InChI=1S/C16H14ClNO3/c17-12-8-9-14(18-15(12)16(19)20)21-13-7-3-5-10-4-1-2-6-11(10)13/h1-2,4,6,8-9,13H,3,5,7H2,(H,19,20). The number of aromatic nitrogens is 1. The predicted octanol–water partition coefficient (Wildman–Crippen LogP) is 3.89. The normalized spacial score (nSPS) is 17.1. The average Bonchev–Trinajstić information content (AvgIpc) is 2.49. The Morgan fingerprint density at radius 3 is 2.90 bits per heavy atom. The van der Waals surface area contributed by atoms with Gasteiger partial charge in [-0.15, -0.1) is 0 Å². The van der Waals surface area contributed by atoms with E-state index in [0.29, 0.717) is 5.88 Å². The van der Waals surface area contributed by atoms with Gasteiger partial charge in [-0.05, 0) is 36.5 Å². The molecule has 0 aliphatic heterocycles. The molecule has 0 fully saturated rings. The van der Waals surface area contributed by atoms with Gasteiger partial charge in [-0.3, -0.25) is 0 Å². The summed E-state index contributed by atoms with van der Waals surface area (Å²) in [6.07, 6.45) is 2.89. The molecule has 1 aromatic carbocycles. The first-order valence-corrected chi connectivity index (χ1v) is 7.17. The zero-order valence-electron chi connectivity index (χ0n) is 11.3. The molecule has 0 saturated heterocycles. The number of pyridine rings is 1. The Hall–Kier alpha value is -2.07. The summed E-state index contributed by atoms with van der Waals surface area (Å²) in [5.41, 5.74) is 2.25. The molecule has 1 aromatic heterocycles. The van der Waals surface area contributed by atoms with E-state index < -0.39 is 5.97 Å². The Morgan fingerprint density at radius 2 is 2.10 bits per heavy atom. The number of nitrogens with zero attached hydrogens (tertiary/aromatic N) is 1. The number of carboxylic acids is 1. The topological polar surface area (TPSA) is 59.4 Å². The second kappa shape index (κ2) is 5.74. The van der Waals surface area contributed by atoms with Gasteiger partial charge in [0.2, 0.25) is 5.88 Å². The molecular weight excluding hydrogens is 290 g/mol. The maximum atomic E-state index is 11.1. The summed E-state index contributed by atoms with van der Waals surface area (Å²) < 4.78 is 5.89. The van der Waals surface area contributed by atoms with E-state index >= 15 is 0 Å². The van der Waals surface area contributed by atoms with Crippen LogP contribution in [-0.4, -0.2) is 16.1 Å². The fraction of sp³-hybridized carbons (Fsp3) is 0.250. The zero-order valence-corrected chi connectivity index (χ0v) is 12.0. The molecule has 108 valence electrons. The number of hydrogen-bond acceptors (Lipinski definition) is 3. The van der Waals surface area contributed by atoms with Gasteiger partial charge < -0.3 is 9.84 Å². The number of halogens is 1. The molecule has 21 heavy (non-hydrogen) atoms. The molecule has 1 aliphatic carbocycles. The third-order valence-corrected chi connectivity index (χ3v) is 3.91. The Bertz CT molecular complexity index is 687. The van der Waals surface area contributed by atoms with Gasteiger partial charge in [0.1, 0.15) is 6.10 Å². The van der Waals surface area contributed by atoms with Crippen LogP contribution in [0.4, 0.5) is 0 Å². The van der Waals surface area contributed by atoms with Gasteiger partial charge in [0.25, 0.3) is 0 Å². The Kier molecular flexibility index (Phi) is 3.80. The van der Waals surface area contributed by atoms with E-state index in [9.17, 15) is 4.79 Å². The smallest absolute Gasteiger partial charge is 0.356 e. The van der Waals surface area contributed by atoms with Gasteiger partial charge in [0.15, 0.2) is 5.69 Å². The van der Waals surface area contributed by atoms with E-state index in [2.05, 4.69) is 11.1 Å². The molecule has 1 heterocycles. The fourth-order valence-electron chi connectivity index (χ4n) is 2.62. The van der Waals surface area contributed by atoms with E-state index in [1.807, 2.05) is 18.2 Å². The molecule has 0 radical (unpaired) electrons. The molecule has 1 aliphatic rings. The van der Waals surface area contributed by atoms with Crippen LogP contribution in [0.2, 0.25) is 5.02 Å². The van der Waals surface area contributed by atoms with Gasteiger partial charge in [0.05, 0.1) is 5.02 Å². The van der Waals surface area contributed by atoms with Crippen LogP contribution in [0.1, 0.15) is 40.6 Å².